The van der Waals surface area contributed by atoms with Crippen molar-refractivity contribution in [2.24, 2.45) is 0 Å². The SMILES string of the molecule is CC(=O)Nc1cccc(OCC(=O)N(C(C)C)C(C)C)c1. The van der Waals surface area contributed by atoms with E-state index in [-0.39, 0.29) is 30.5 Å². The summed E-state index contributed by atoms with van der Waals surface area (Å²) in [7, 11) is 0. The second-order valence-electron chi connectivity index (χ2n) is 5.49. The third-order valence-electron chi connectivity index (χ3n) is 2.92. The van der Waals surface area contributed by atoms with Gasteiger partial charge in [0.15, 0.2) is 6.61 Å². The number of rotatable bonds is 6. The maximum Gasteiger partial charge on any atom is 0.260 e. The second kappa shape index (κ2) is 7.67. The lowest BCUT2D eigenvalue weighted by Gasteiger charge is -2.30. The van der Waals surface area contributed by atoms with Crippen LogP contribution in [0.3, 0.4) is 0 Å². The van der Waals surface area contributed by atoms with Gasteiger partial charge in [-0.25, -0.2) is 0 Å². The Labute approximate surface area is 126 Å². The van der Waals surface area contributed by atoms with Crippen LogP contribution in [-0.2, 0) is 9.59 Å². The summed E-state index contributed by atoms with van der Waals surface area (Å²) < 4.78 is 5.53. The molecular weight excluding hydrogens is 268 g/mol. The predicted octanol–water partition coefficient (Wildman–Crippen LogP) is 2.67. The average molecular weight is 292 g/mol. The normalized spacial score (nSPS) is 10.6. The van der Waals surface area contributed by atoms with Crippen molar-refractivity contribution in [2.45, 2.75) is 46.7 Å². The molecule has 0 unspecified atom stereocenters. The first-order valence-corrected chi connectivity index (χ1v) is 7.13. The highest BCUT2D eigenvalue weighted by molar-refractivity contribution is 5.88. The van der Waals surface area contributed by atoms with Crippen LogP contribution in [0.4, 0.5) is 5.69 Å². The summed E-state index contributed by atoms with van der Waals surface area (Å²) in [5.41, 5.74) is 0.650. The van der Waals surface area contributed by atoms with Crippen LogP contribution in [-0.4, -0.2) is 35.4 Å². The summed E-state index contributed by atoms with van der Waals surface area (Å²) in [6.07, 6.45) is 0. The van der Waals surface area contributed by atoms with Gasteiger partial charge in [-0.05, 0) is 39.8 Å². The monoisotopic (exact) mass is 292 g/mol. The first-order chi connectivity index (χ1) is 9.81. The molecule has 1 rings (SSSR count). The molecule has 1 aromatic rings. The highest BCUT2D eigenvalue weighted by Crippen LogP contribution is 2.17. The van der Waals surface area contributed by atoms with Crippen molar-refractivity contribution in [3.8, 4) is 5.75 Å². The molecule has 0 aliphatic carbocycles. The molecular formula is C16H24N2O3. The first kappa shape index (κ1) is 17.0. The van der Waals surface area contributed by atoms with E-state index in [4.69, 9.17) is 4.74 Å². The van der Waals surface area contributed by atoms with Crippen LogP contribution >= 0.6 is 0 Å². The van der Waals surface area contributed by atoms with Crippen LogP contribution in [0.2, 0.25) is 0 Å². The zero-order chi connectivity index (χ0) is 16.0. The molecule has 0 fully saturated rings. The number of nitrogens with one attached hydrogen (secondary N) is 1. The summed E-state index contributed by atoms with van der Waals surface area (Å²) in [6.45, 7) is 9.36. The lowest BCUT2D eigenvalue weighted by molar-refractivity contribution is -0.137. The van der Waals surface area contributed by atoms with Crippen molar-refractivity contribution in [1.29, 1.82) is 0 Å². The van der Waals surface area contributed by atoms with Gasteiger partial charge in [-0.1, -0.05) is 6.07 Å². The number of anilines is 1. The van der Waals surface area contributed by atoms with Gasteiger partial charge in [0, 0.05) is 30.8 Å². The van der Waals surface area contributed by atoms with Gasteiger partial charge >= 0.3 is 0 Å². The van der Waals surface area contributed by atoms with E-state index in [0.29, 0.717) is 11.4 Å². The summed E-state index contributed by atoms with van der Waals surface area (Å²) in [4.78, 5) is 25.0. The van der Waals surface area contributed by atoms with Crippen molar-refractivity contribution in [1.82, 2.24) is 4.90 Å². The fourth-order valence-corrected chi connectivity index (χ4v) is 2.26. The van der Waals surface area contributed by atoms with Gasteiger partial charge in [0.1, 0.15) is 5.75 Å². The number of amides is 2. The average Bonchev–Trinajstić information content (AvgIpc) is 2.35. The van der Waals surface area contributed by atoms with Crippen LogP contribution in [0.1, 0.15) is 34.6 Å². The molecule has 5 heteroatoms. The van der Waals surface area contributed by atoms with E-state index in [1.54, 1.807) is 29.2 Å². The van der Waals surface area contributed by atoms with E-state index in [1.165, 1.54) is 6.92 Å². The van der Waals surface area contributed by atoms with Gasteiger partial charge in [0.25, 0.3) is 5.91 Å². The Morgan fingerprint density at radius 1 is 1.19 bits per heavy atom. The fourth-order valence-electron chi connectivity index (χ4n) is 2.26. The largest absolute Gasteiger partial charge is 0.484 e. The number of ether oxygens (including phenoxy) is 1. The number of benzene rings is 1. The predicted molar refractivity (Wildman–Crippen MR) is 83.4 cm³/mol. The van der Waals surface area contributed by atoms with Crippen molar-refractivity contribution in [2.75, 3.05) is 11.9 Å². The molecule has 0 aromatic heterocycles. The number of hydrogen-bond donors (Lipinski definition) is 1. The minimum absolute atomic E-state index is 0.0140. The van der Waals surface area contributed by atoms with Gasteiger partial charge < -0.3 is 15.0 Å². The zero-order valence-corrected chi connectivity index (χ0v) is 13.3. The van der Waals surface area contributed by atoms with Crippen molar-refractivity contribution in [3.63, 3.8) is 0 Å². The molecule has 5 nitrogen and oxygen atoms in total. The molecule has 1 aromatic carbocycles. The van der Waals surface area contributed by atoms with E-state index in [2.05, 4.69) is 5.32 Å². The van der Waals surface area contributed by atoms with Gasteiger partial charge in [0.05, 0.1) is 0 Å². The highest BCUT2D eigenvalue weighted by atomic mass is 16.5. The number of hydrogen-bond acceptors (Lipinski definition) is 3. The molecule has 0 aliphatic heterocycles. The number of carbonyl (C=O) groups is 2. The number of nitrogens with zero attached hydrogens (tertiary/aromatic N) is 1. The van der Waals surface area contributed by atoms with E-state index in [0.717, 1.165) is 0 Å². The van der Waals surface area contributed by atoms with Crippen LogP contribution in [0.15, 0.2) is 24.3 Å². The Bertz CT molecular complexity index is 490. The van der Waals surface area contributed by atoms with E-state index >= 15 is 0 Å². The van der Waals surface area contributed by atoms with Crippen molar-refractivity contribution in [3.05, 3.63) is 24.3 Å². The van der Waals surface area contributed by atoms with Crippen LogP contribution in [0, 0.1) is 0 Å². The van der Waals surface area contributed by atoms with Gasteiger partial charge in [-0.3, -0.25) is 9.59 Å². The Hall–Kier alpha value is -2.04. The lowest BCUT2D eigenvalue weighted by Crippen LogP contribution is -2.44. The van der Waals surface area contributed by atoms with E-state index in [9.17, 15) is 9.59 Å². The fraction of sp³-hybridized carbons (Fsp3) is 0.500. The molecule has 21 heavy (non-hydrogen) atoms. The van der Waals surface area contributed by atoms with Gasteiger partial charge in [-0.2, -0.15) is 0 Å². The second-order valence-corrected chi connectivity index (χ2v) is 5.49. The van der Waals surface area contributed by atoms with Crippen molar-refractivity contribution >= 4 is 17.5 Å². The first-order valence-electron chi connectivity index (χ1n) is 7.13. The zero-order valence-electron chi connectivity index (χ0n) is 13.3. The van der Waals surface area contributed by atoms with Crippen LogP contribution < -0.4 is 10.1 Å². The van der Waals surface area contributed by atoms with E-state index in [1.807, 2.05) is 27.7 Å². The van der Waals surface area contributed by atoms with Gasteiger partial charge in [-0.15, -0.1) is 0 Å². The van der Waals surface area contributed by atoms with Crippen LogP contribution in [0.25, 0.3) is 0 Å². The molecule has 0 aliphatic rings. The smallest absolute Gasteiger partial charge is 0.260 e. The molecule has 0 heterocycles. The lowest BCUT2D eigenvalue weighted by atomic mass is 10.2. The molecule has 116 valence electrons. The van der Waals surface area contributed by atoms with Crippen LogP contribution in [0.5, 0.6) is 5.75 Å². The molecule has 0 atom stereocenters. The Balaban J connectivity index is 2.66. The Morgan fingerprint density at radius 3 is 2.33 bits per heavy atom. The topological polar surface area (TPSA) is 58.6 Å². The molecule has 0 radical (unpaired) electrons. The summed E-state index contributed by atoms with van der Waals surface area (Å²) in [6, 6.07) is 7.26. The molecule has 1 N–H and O–H groups in total. The van der Waals surface area contributed by atoms with Gasteiger partial charge in [0.2, 0.25) is 5.91 Å². The molecule has 0 saturated heterocycles. The van der Waals surface area contributed by atoms with Crippen molar-refractivity contribution < 1.29 is 14.3 Å². The number of carbonyl (C=O) groups excluding carboxylic acids is 2. The molecule has 0 spiro atoms. The minimum Gasteiger partial charge on any atom is -0.484 e. The summed E-state index contributed by atoms with van der Waals surface area (Å²) in [5.74, 6) is 0.362. The third-order valence-corrected chi connectivity index (χ3v) is 2.92. The summed E-state index contributed by atoms with van der Waals surface area (Å²) in [5, 5.41) is 2.68. The standard InChI is InChI=1S/C16H24N2O3/c1-11(2)18(12(3)4)16(20)10-21-15-8-6-7-14(9-15)17-13(5)19/h6-9,11-12H,10H2,1-5H3,(H,17,19). The summed E-state index contributed by atoms with van der Waals surface area (Å²) >= 11 is 0. The maximum atomic E-state index is 12.2. The molecule has 0 saturated carbocycles. The molecule has 0 bridgehead atoms. The maximum absolute atomic E-state index is 12.2. The highest BCUT2D eigenvalue weighted by Gasteiger charge is 2.20. The Morgan fingerprint density at radius 2 is 1.81 bits per heavy atom. The Kier molecular flexibility index (Phi) is 6.21. The molecule has 2 amide bonds. The van der Waals surface area contributed by atoms with E-state index < -0.39 is 0 Å². The minimum atomic E-state index is -0.144. The quantitative estimate of drug-likeness (QED) is 0.877. The third kappa shape index (κ3) is 5.45.